The van der Waals surface area contributed by atoms with E-state index in [1.165, 1.54) is 0 Å². The fourth-order valence-electron chi connectivity index (χ4n) is 0.878. The number of alkyl halides is 1. The van der Waals surface area contributed by atoms with Gasteiger partial charge in [-0.15, -0.1) is 11.6 Å². The van der Waals surface area contributed by atoms with Crippen molar-refractivity contribution in [3.63, 3.8) is 0 Å². The van der Waals surface area contributed by atoms with Crippen molar-refractivity contribution in [2.75, 3.05) is 0 Å². The highest BCUT2D eigenvalue weighted by Crippen LogP contribution is 2.40. The zero-order chi connectivity index (χ0) is 9.14. The van der Waals surface area contributed by atoms with Crippen LogP contribution in [0.1, 0.15) is 16.2 Å². The minimum Gasteiger partial charge on any atom is -0.345 e. The maximum absolute atomic E-state index is 10.6. The molecule has 2 atom stereocenters. The molecule has 0 spiro atoms. The van der Waals surface area contributed by atoms with Gasteiger partial charge in [-0.3, -0.25) is 4.57 Å². The Morgan fingerprint density at radius 3 is 2.33 bits per heavy atom. The molecule has 0 saturated heterocycles. The van der Waals surface area contributed by atoms with Crippen LogP contribution in [-0.4, -0.2) is 4.89 Å². The number of hydrogen-bond donors (Lipinski definition) is 1. The molecule has 0 radical (unpaired) electrons. The van der Waals surface area contributed by atoms with Crippen molar-refractivity contribution in [2.45, 2.75) is 12.0 Å². The minimum atomic E-state index is -2.66. The standard InChI is InChI=1S/C8H10ClO2P/c1-6-2-4-7(5-3-6)8(9)12(10)11/h2-5,8,12H,1H3,(H,10,11). The van der Waals surface area contributed by atoms with E-state index in [-0.39, 0.29) is 0 Å². The Labute approximate surface area is 77.1 Å². The van der Waals surface area contributed by atoms with Crippen molar-refractivity contribution in [1.29, 1.82) is 0 Å². The molecular formula is C8H10ClO2P. The Morgan fingerprint density at radius 1 is 1.42 bits per heavy atom. The van der Waals surface area contributed by atoms with Gasteiger partial charge in [0.25, 0.3) is 0 Å². The first-order chi connectivity index (χ1) is 5.61. The number of benzene rings is 1. The molecule has 0 amide bonds. The third-order valence-corrected chi connectivity index (χ3v) is 3.17. The molecule has 1 rings (SSSR count). The lowest BCUT2D eigenvalue weighted by atomic mass is 10.2. The van der Waals surface area contributed by atoms with E-state index in [0.29, 0.717) is 5.56 Å². The van der Waals surface area contributed by atoms with Crippen molar-refractivity contribution in [3.05, 3.63) is 35.4 Å². The van der Waals surface area contributed by atoms with Gasteiger partial charge in [-0.25, -0.2) is 0 Å². The SMILES string of the molecule is Cc1ccc(C(Cl)[PH](=O)O)cc1. The average Bonchev–Trinajstić information content (AvgIpc) is 2.04. The van der Waals surface area contributed by atoms with E-state index in [1.54, 1.807) is 12.1 Å². The van der Waals surface area contributed by atoms with E-state index in [1.807, 2.05) is 19.1 Å². The molecule has 1 aromatic carbocycles. The van der Waals surface area contributed by atoms with Crippen LogP contribution in [0.2, 0.25) is 0 Å². The lowest BCUT2D eigenvalue weighted by molar-refractivity contribution is 0.500. The Balaban J connectivity index is 2.89. The van der Waals surface area contributed by atoms with E-state index in [0.717, 1.165) is 5.56 Å². The van der Waals surface area contributed by atoms with Crippen LogP contribution in [0.25, 0.3) is 0 Å². The van der Waals surface area contributed by atoms with Gasteiger partial charge in [0.05, 0.1) is 0 Å². The molecule has 2 nitrogen and oxygen atoms in total. The minimum absolute atomic E-state index is 0.702. The number of halogens is 1. The second-order valence-corrected chi connectivity index (χ2v) is 4.67. The van der Waals surface area contributed by atoms with Gasteiger partial charge < -0.3 is 4.89 Å². The zero-order valence-electron chi connectivity index (χ0n) is 6.62. The van der Waals surface area contributed by atoms with E-state index in [2.05, 4.69) is 0 Å². The van der Waals surface area contributed by atoms with E-state index >= 15 is 0 Å². The largest absolute Gasteiger partial charge is 0.345 e. The van der Waals surface area contributed by atoms with Crippen LogP contribution in [0.3, 0.4) is 0 Å². The molecule has 0 aromatic heterocycles. The molecule has 1 aromatic rings. The lowest BCUT2D eigenvalue weighted by Crippen LogP contribution is -1.84. The lowest BCUT2D eigenvalue weighted by Gasteiger charge is -2.05. The third-order valence-electron chi connectivity index (χ3n) is 1.59. The molecule has 1 N–H and O–H groups in total. The summed E-state index contributed by atoms with van der Waals surface area (Å²) in [6.07, 6.45) is 0. The first-order valence-corrected chi connectivity index (χ1v) is 5.41. The molecule has 0 heterocycles. The molecule has 0 saturated carbocycles. The van der Waals surface area contributed by atoms with Gasteiger partial charge in [0, 0.05) is 0 Å². The molecule has 0 aliphatic rings. The normalized spacial score (nSPS) is 15.6. The third kappa shape index (κ3) is 2.34. The Kier molecular flexibility index (Phi) is 3.33. The second kappa shape index (κ2) is 4.08. The maximum atomic E-state index is 10.6. The van der Waals surface area contributed by atoms with Gasteiger partial charge in [0.1, 0.15) is 5.12 Å². The highest BCUT2D eigenvalue weighted by Gasteiger charge is 2.11. The average molecular weight is 205 g/mol. The summed E-state index contributed by atoms with van der Waals surface area (Å²) in [7, 11) is -2.66. The summed E-state index contributed by atoms with van der Waals surface area (Å²) >= 11 is 5.68. The number of aryl methyl sites for hydroxylation is 1. The molecule has 4 heteroatoms. The van der Waals surface area contributed by atoms with Gasteiger partial charge >= 0.3 is 0 Å². The van der Waals surface area contributed by atoms with E-state index in [4.69, 9.17) is 16.5 Å². The summed E-state index contributed by atoms with van der Waals surface area (Å²) in [6, 6.07) is 7.28. The van der Waals surface area contributed by atoms with Gasteiger partial charge in [0.2, 0.25) is 8.03 Å². The summed E-state index contributed by atoms with van der Waals surface area (Å²) in [5.74, 6) is 0. The van der Waals surface area contributed by atoms with Crippen LogP contribution in [0.5, 0.6) is 0 Å². The summed E-state index contributed by atoms with van der Waals surface area (Å²) in [4.78, 5) is 8.76. The van der Waals surface area contributed by atoms with Gasteiger partial charge in [0.15, 0.2) is 0 Å². The van der Waals surface area contributed by atoms with E-state index in [9.17, 15) is 4.57 Å². The smallest absolute Gasteiger partial charge is 0.210 e. The molecular weight excluding hydrogens is 195 g/mol. The molecule has 0 aliphatic carbocycles. The molecule has 0 aliphatic heterocycles. The Hall–Kier alpha value is -0.300. The van der Waals surface area contributed by atoms with Crippen molar-refractivity contribution in [1.82, 2.24) is 0 Å². The van der Waals surface area contributed by atoms with Crippen LogP contribution < -0.4 is 0 Å². The van der Waals surface area contributed by atoms with E-state index < -0.39 is 13.1 Å². The van der Waals surface area contributed by atoms with Gasteiger partial charge in [-0.05, 0) is 12.5 Å². The van der Waals surface area contributed by atoms with Gasteiger partial charge in [-0.2, -0.15) is 0 Å². The van der Waals surface area contributed by atoms with Gasteiger partial charge in [-0.1, -0.05) is 29.8 Å². The topological polar surface area (TPSA) is 37.3 Å². The summed E-state index contributed by atoms with van der Waals surface area (Å²) in [6.45, 7) is 1.95. The fraction of sp³-hybridized carbons (Fsp3) is 0.250. The second-order valence-electron chi connectivity index (χ2n) is 2.61. The van der Waals surface area contributed by atoms with Crippen molar-refractivity contribution in [2.24, 2.45) is 0 Å². The van der Waals surface area contributed by atoms with Crippen LogP contribution in [0.15, 0.2) is 24.3 Å². The van der Waals surface area contributed by atoms with Crippen molar-refractivity contribution < 1.29 is 9.46 Å². The van der Waals surface area contributed by atoms with Crippen LogP contribution in [0.4, 0.5) is 0 Å². The predicted octanol–water partition coefficient (Wildman–Crippen LogP) is 2.70. The monoisotopic (exact) mass is 204 g/mol. The van der Waals surface area contributed by atoms with Crippen molar-refractivity contribution in [3.8, 4) is 0 Å². The summed E-state index contributed by atoms with van der Waals surface area (Å²) < 4.78 is 10.6. The highest BCUT2D eigenvalue weighted by atomic mass is 35.5. The first-order valence-electron chi connectivity index (χ1n) is 3.54. The van der Waals surface area contributed by atoms with Crippen molar-refractivity contribution >= 4 is 19.6 Å². The summed E-state index contributed by atoms with van der Waals surface area (Å²) in [5, 5.41) is -0.754. The quantitative estimate of drug-likeness (QED) is 0.594. The molecule has 2 unspecified atom stereocenters. The number of rotatable bonds is 2. The first kappa shape index (κ1) is 9.79. The molecule has 0 fully saturated rings. The maximum Gasteiger partial charge on any atom is 0.210 e. The van der Waals surface area contributed by atoms with Crippen LogP contribution in [-0.2, 0) is 4.57 Å². The predicted molar refractivity (Wildman–Crippen MR) is 51.0 cm³/mol. The summed E-state index contributed by atoms with van der Waals surface area (Å²) in [5.41, 5.74) is 1.81. The number of hydrogen-bond acceptors (Lipinski definition) is 1. The molecule has 12 heavy (non-hydrogen) atoms. The Morgan fingerprint density at radius 2 is 1.92 bits per heavy atom. The van der Waals surface area contributed by atoms with Crippen LogP contribution in [0, 0.1) is 6.92 Å². The fourth-order valence-corrected chi connectivity index (χ4v) is 1.50. The molecule has 0 bridgehead atoms. The molecule has 66 valence electrons. The van der Waals surface area contributed by atoms with Crippen LogP contribution >= 0.6 is 19.6 Å². The highest BCUT2D eigenvalue weighted by molar-refractivity contribution is 7.40. The Bertz CT molecular complexity index is 284. The zero-order valence-corrected chi connectivity index (χ0v) is 8.38.